The fourth-order valence-corrected chi connectivity index (χ4v) is 4.06. The topological polar surface area (TPSA) is 12.0 Å². The Balaban J connectivity index is 2.22. The first kappa shape index (κ1) is 14.1. The van der Waals surface area contributed by atoms with E-state index in [0.29, 0.717) is 6.04 Å². The van der Waals surface area contributed by atoms with E-state index in [0.717, 1.165) is 11.4 Å². The minimum atomic E-state index is 0.325. The molecule has 0 fully saturated rings. The molecule has 96 valence electrons. The van der Waals surface area contributed by atoms with Crippen molar-refractivity contribution in [2.45, 2.75) is 19.4 Å². The zero-order chi connectivity index (χ0) is 13.1. The predicted molar refractivity (Wildman–Crippen MR) is 83.7 cm³/mol. The van der Waals surface area contributed by atoms with Crippen LogP contribution >= 0.6 is 38.9 Å². The number of benzene rings is 1. The highest BCUT2D eigenvalue weighted by Gasteiger charge is 2.15. The third kappa shape index (κ3) is 3.35. The van der Waals surface area contributed by atoms with Crippen molar-refractivity contribution in [1.29, 1.82) is 0 Å². The summed E-state index contributed by atoms with van der Waals surface area (Å²) >= 11 is 11.4. The molecule has 0 saturated carbocycles. The number of likely N-dealkylation sites (N-methyl/N-ethyl adjacent to an activating group) is 1. The number of hydrogen-bond acceptors (Lipinski definition) is 2. The Morgan fingerprint density at radius 2 is 2.17 bits per heavy atom. The van der Waals surface area contributed by atoms with E-state index in [1.807, 2.05) is 25.2 Å². The van der Waals surface area contributed by atoms with Crippen LogP contribution in [0.3, 0.4) is 0 Å². The summed E-state index contributed by atoms with van der Waals surface area (Å²) in [7, 11) is 2.00. The van der Waals surface area contributed by atoms with Gasteiger partial charge in [0.2, 0.25) is 0 Å². The fourth-order valence-electron chi connectivity index (χ4n) is 2.07. The SMILES string of the molecule is CNC(Cc1cccc(Cl)c1)c1cc(Br)sc1C. The second-order valence-electron chi connectivity index (χ2n) is 4.24. The zero-order valence-electron chi connectivity index (χ0n) is 10.3. The summed E-state index contributed by atoms with van der Waals surface area (Å²) in [5.74, 6) is 0. The predicted octanol–water partition coefficient (Wildman–Crippen LogP) is 4.98. The van der Waals surface area contributed by atoms with Crippen LogP contribution in [-0.4, -0.2) is 7.05 Å². The maximum atomic E-state index is 6.03. The van der Waals surface area contributed by atoms with Crippen LogP contribution in [0.1, 0.15) is 22.0 Å². The summed E-state index contributed by atoms with van der Waals surface area (Å²) in [5.41, 5.74) is 2.61. The van der Waals surface area contributed by atoms with Gasteiger partial charge in [-0.05, 0) is 65.6 Å². The van der Waals surface area contributed by atoms with E-state index >= 15 is 0 Å². The number of aryl methyl sites for hydroxylation is 1. The van der Waals surface area contributed by atoms with Crippen LogP contribution in [0, 0.1) is 6.92 Å². The Morgan fingerprint density at radius 1 is 1.39 bits per heavy atom. The summed E-state index contributed by atoms with van der Waals surface area (Å²) < 4.78 is 1.18. The van der Waals surface area contributed by atoms with Crippen molar-refractivity contribution in [2.24, 2.45) is 0 Å². The Kier molecular flexibility index (Phi) is 4.84. The Morgan fingerprint density at radius 3 is 2.72 bits per heavy atom. The highest BCUT2D eigenvalue weighted by Crippen LogP contribution is 2.32. The first-order valence-corrected chi connectivity index (χ1v) is 7.76. The van der Waals surface area contributed by atoms with Crippen LogP contribution in [-0.2, 0) is 6.42 Å². The molecule has 18 heavy (non-hydrogen) atoms. The minimum absolute atomic E-state index is 0.325. The Labute approximate surface area is 125 Å². The fraction of sp³-hybridized carbons (Fsp3) is 0.286. The second kappa shape index (κ2) is 6.20. The summed E-state index contributed by atoms with van der Waals surface area (Å²) in [6.45, 7) is 2.16. The van der Waals surface area contributed by atoms with E-state index in [2.05, 4.69) is 40.3 Å². The maximum absolute atomic E-state index is 6.03. The number of nitrogens with one attached hydrogen (secondary N) is 1. The molecule has 4 heteroatoms. The van der Waals surface area contributed by atoms with Gasteiger partial charge in [0, 0.05) is 15.9 Å². The average molecular weight is 345 g/mol. The van der Waals surface area contributed by atoms with E-state index in [1.54, 1.807) is 11.3 Å². The Hall–Kier alpha value is -0.350. The lowest BCUT2D eigenvalue weighted by Gasteiger charge is -2.16. The van der Waals surface area contributed by atoms with Crippen molar-refractivity contribution in [2.75, 3.05) is 7.05 Å². The molecular weight excluding hydrogens is 330 g/mol. The molecule has 0 radical (unpaired) electrons. The van der Waals surface area contributed by atoms with E-state index in [4.69, 9.17) is 11.6 Å². The van der Waals surface area contributed by atoms with Gasteiger partial charge in [-0.3, -0.25) is 0 Å². The first-order valence-electron chi connectivity index (χ1n) is 5.77. The molecule has 0 spiro atoms. The average Bonchev–Trinajstić information content (AvgIpc) is 2.65. The Bertz CT molecular complexity index is 538. The van der Waals surface area contributed by atoms with Gasteiger partial charge in [-0.2, -0.15) is 0 Å². The van der Waals surface area contributed by atoms with Crippen LogP contribution in [0.4, 0.5) is 0 Å². The molecule has 0 bridgehead atoms. The molecule has 1 atom stereocenters. The van der Waals surface area contributed by atoms with Crippen molar-refractivity contribution in [3.05, 3.63) is 55.1 Å². The van der Waals surface area contributed by atoms with E-state index in [1.165, 1.54) is 19.8 Å². The van der Waals surface area contributed by atoms with Gasteiger partial charge in [0.15, 0.2) is 0 Å². The molecule has 0 aliphatic heterocycles. The van der Waals surface area contributed by atoms with Gasteiger partial charge in [-0.25, -0.2) is 0 Å². The van der Waals surface area contributed by atoms with Crippen LogP contribution in [0.15, 0.2) is 34.1 Å². The van der Waals surface area contributed by atoms with Crippen molar-refractivity contribution < 1.29 is 0 Å². The molecule has 0 saturated heterocycles. The van der Waals surface area contributed by atoms with Gasteiger partial charge < -0.3 is 5.32 Å². The van der Waals surface area contributed by atoms with E-state index in [9.17, 15) is 0 Å². The van der Waals surface area contributed by atoms with Gasteiger partial charge in [0.25, 0.3) is 0 Å². The van der Waals surface area contributed by atoms with Crippen LogP contribution in [0.5, 0.6) is 0 Å². The summed E-state index contributed by atoms with van der Waals surface area (Å²) in [5, 5.41) is 4.18. The zero-order valence-corrected chi connectivity index (χ0v) is 13.5. The molecule has 1 aromatic carbocycles. The van der Waals surface area contributed by atoms with Crippen LogP contribution < -0.4 is 5.32 Å². The monoisotopic (exact) mass is 343 g/mol. The standard InChI is InChI=1S/C14H15BrClNS/c1-9-12(8-14(15)18-9)13(17-2)7-10-4-3-5-11(16)6-10/h3-6,8,13,17H,7H2,1-2H3. The summed E-state index contributed by atoms with van der Waals surface area (Å²) in [6.07, 6.45) is 0.946. The lowest BCUT2D eigenvalue weighted by atomic mass is 10.00. The molecule has 2 aromatic rings. The second-order valence-corrected chi connectivity index (χ2v) is 7.31. The highest BCUT2D eigenvalue weighted by atomic mass is 79.9. The lowest BCUT2D eigenvalue weighted by molar-refractivity contribution is 0.591. The van der Waals surface area contributed by atoms with E-state index in [-0.39, 0.29) is 0 Å². The van der Waals surface area contributed by atoms with Gasteiger partial charge in [0.1, 0.15) is 0 Å². The van der Waals surface area contributed by atoms with Crippen molar-refractivity contribution in [1.82, 2.24) is 5.32 Å². The van der Waals surface area contributed by atoms with Crippen LogP contribution in [0.25, 0.3) is 0 Å². The number of thiophene rings is 1. The largest absolute Gasteiger partial charge is 0.313 e. The highest BCUT2D eigenvalue weighted by molar-refractivity contribution is 9.11. The van der Waals surface area contributed by atoms with Gasteiger partial charge in [-0.15, -0.1) is 11.3 Å². The summed E-state index contributed by atoms with van der Waals surface area (Å²) in [4.78, 5) is 1.35. The molecule has 1 unspecified atom stereocenters. The normalized spacial score (nSPS) is 12.7. The number of halogens is 2. The molecular formula is C14H15BrClNS. The quantitative estimate of drug-likeness (QED) is 0.825. The van der Waals surface area contributed by atoms with Crippen LogP contribution in [0.2, 0.25) is 5.02 Å². The smallest absolute Gasteiger partial charge is 0.0704 e. The molecule has 0 aliphatic carbocycles. The molecule has 1 aromatic heterocycles. The minimum Gasteiger partial charge on any atom is -0.313 e. The van der Waals surface area contributed by atoms with E-state index < -0.39 is 0 Å². The molecule has 1 N–H and O–H groups in total. The van der Waals surface area contributed by atoms with Gasteiger partial charge >= 0.3 is 0 Å². The molecule has 1 nitrogen and oxygen atoms in total. The number of rotatable bonds is 4. The lowest BCUT2D eigenvalue weighted by Crippen LogP contribution is -2.18. The maximum Gasteiger partial charge on any atom is 0.0704 e. The van der Waals surface area contributed by atoms with Crippen molar-refractivity contribution in [3.8, 4) is 0 Å². The number of hydrogen-bond donors (Lipinski definition) is 1. The van der Waals surface area contributed by atoms with Crippen molar-refractivity contribution in [3.63, 3.8) is 0 Å². The molecule has 1 heterocycles. The van der Waals surface area contributed by atoms with Crippen molar-refractivity contribution >= 4 is 38.9 Å². The molecule has 2 rings (SSSR count). The summed E-state index contributed by atoms with van der Waals surface area (Å²) in [6, 6.07) is 10.6. The molecule has 0 aliphatic rings. The first-order chi connectivity index (χ1) is 8.60. The van der Waals surface area contributed by atoms with Gasteiger partial charge in [-0.1, -0.05) is 23.7 Å². The van der Waals surface area contributed by atoms with Gasteiger partial charge in [0.05, 0.1) is 3.79 Å². The third-order valence-electron chi connectivity index (χ3n) is 2.98. The molecule has 0 amide bonds. The third-order valence-corrected chi connectivity index (χ3v) is 4.78.